The van der Waals surface area contributed by atoms with Crippen molar-refractivity contribution in [3.8, 4) is 0 Å². The van der Waals surface area contributed by atoms with Crippen molar-refractivity contribution in [3.05, 3.63) is 75.2 Å². The van der Waals surface area contributed by atoms with Gasteiger partial charge in [-0.05, 0) is 65.4 Å². The lowest BCUT2D eigenvalue weighted by Gasteiger charge is -2.35. The SMILES string of the molecule is CCOC(=O)C1=C([C@H]2CC[C@H](NC(=O)OC(C)(C)C)CC2)NC(c2ncc(F)cc2F)=NC1c1ccc(F)c(F)c1Cl. The van der Waals surface area contributed by atoms with Crippen molar-refractivity contribution >= 4 is 29.5 Å². The first-order valence-electron chi connectivity index (χ1n) is 13.5. The number of nitrogens with one attached hydrogen (secondary N) is 2. The van der Waals surface area contributed by atoms with Crippen molar-refractivity contribution in [1.29, 1.82) is 0 Å². The highest BCUT2D eigenvalue weighted by Crippen LogP contribution is 2.41. The predicted molar refractivity (Wildman–Crippen MR) is 147 cm³/mol. The molecular weight excluding hydrogens is 580 g/mol. The van der Waals surface area contributed by atoms with Gasteiger partial charge < -0.3 is 20.1 Å². The van der Waals surface area contributed by atoms with Crippen LogP contribution in [-0.2, 0) is 14.3 Å². The number of aromatic nitrogens is 1. The van der Waals surface area contributed by atoms with Crippen molar-refractivity contribution < 1.29 is 36.6 Å². The maximum absolute atomic E-state index is 14.9. The Morgan fingerprint density at radius 1 is 1.10 bits per heavy atom. The molecule has 1 atom stereocenters. The lowest BCUT2D eigenvalue weighted by molar-refractivity contribution is -0.139. The second-order valence-electron chi connectivity index (χ2n) is 11.0. The summed E-state index contributed by atoms with van der Waals surface area (Å²) in [5.41, 5.74) is -0.772. The number of hydrogen-bond donors (Lipinski definition) is 2. The van der Waals surface area contributed by atoms with Crippen molar-refractivity contribution in [1.82, 2.24) is 15.6 Å². The first kappa shape index (κ1) is 31.3. The number of halogens is 5. The fourth-order valence-corrected chi connectivity index (χ4v) is 5.26. The summed E-state index contributed by atoms with van der Waals surface area (Å²) in [4.78, 5) is 33.9. The average Bonchev–Trinajstić information content (AvgIpc) is 2.90. The van der Waals surface area contributed by atoms with Crippen LogP contribution in [0.3, 0.4) is 0 Å². The third kappa shape index (κ3) is 7.03. The number of ether oxygens (including phenoxy) is 2. The van der Waals surface area contributed by atoms with Crippen molar-refractivity contribution in [2.75, 3.05) is 6.61 Å². The van der Waals surface area contributed by atoms with Crippen LogP contribution in [0.2, 0.25) is 5.02 Å². The maximum Gasteiger partial charge on any atom is 0.407 e. The van der Waals surface area contributed by atoms with Gasteiger partial charge in [-0.25, -0.2) is 32.1 Å². The molecule has 2 N–H and O–H groups in total. The van der Waals surface area contributed by atoms with Crippen molar-refractivity contribution in [2.45, 2.75) is 71.1 Å². The molecule has 42 heavy (non-hydrogen) atoms. The minimum absolute atomic E-state index is 0.00507. The predicted octanol–water partition coefficient (Wildman–Crippen LogP) is 6.28. The zero-order valence-electron chi connectivity index (χ0n) is 23.5. The summed E-state index contributed by atoms with van der Waals surface area (Å²) in [6, 6.07) is 1.13. The number of pyridine rings is 1. The van der Waals surface area contributed by atoms with Crippen LogP contribution in [0.25, 0.3) is 0 Å². The summed E-state index contributed by atoms with van der Waals surface area (Å²) in [6.45, 7) is 6.89. The van der Waals surface area contributed by atoms with Gasteiger partial charge >= 0.3 is 12.1 Å². The summed E-state index contributed by atoms with van der Waals surface area (Å²) >= 11 is 6.20. The molecule has 0 saturated heterocycles. The van der Waals surface area contributed by atoms with E-state index in [0.717, 1.165) is 12.3 Å². The van der Waals surface area contributed by atoms with Gasteiger partial charge in [0.15, 0.2) is 23.3 Å². The first-order chi connectivity index (χ1) is 19.8. The molecule has 2 heterocycles. The smallest absolute Gasteiger partial charge is 0.407 e. The number of amides is 1. The summed E-state index contributed by atoms with van der Waals surface area (Å²) in [7, 11) is 0. The molecule has 2 aromatic rings. The van der Waals surface area contributed by atoms with Gasteiger partial charge in [-0.2, -0.15) is 0 Å². The van der Waals surface area contributed by atoms with E-state index < -0.39 is 52.0 Å². The third-order valence-electron chi connectivity index (χ3n) is 6.82. The minimum Gasteiger partial charge on any atom is -0.463 e. The van der Waals surface area contributed by atoms with Gasteiger partial charge in [0.1, 0.15) is 23.2 Å². The molecule has 13 heteroatoms. The fourth-order valence-electron chi connectivity index (χ4n) is 5.01. The molecule has 4 rings (SSSR count). The largest absolute Gasteiger partial charge is 0.463 e. The number of alkyl carbamates (subject to hydrolysis) is 1. The highest BCUT2D eigenvalue weighted by molar-refractivity contribution is 6.31. The van der Waals surface area contributed by atoms with Gasteiger partial charge in [-0.1, -0.05) is 17.7 Å². The van der Waals surface area contributed by atoms with Crippen LogP contribution in [0.15, 0.2) is 40.7 Å². The lowest BCUT2D eigenvalue weighted by Crippen LogP contribution is -2.43. The van der Waals surface area contributed by atoms with E-state index in [4.69, 9.17) is 21.1 Å². The molecule has 1 aromatic carbocycles. The molecule has 2 aliphatic rings. The first-order valence-corrected chi connectivity index (χ1v) is 13.9. The number of rotatable bonds is 6. The molecule has 0 bridgehead atoms. The van der Waals surface area contributed by atoms with E-state index in [9.17, 15) is 27.2 Å². The number of benzene rings is 1. The van der Waals surface area contributed by atoms with Gasteiger partial charge in [-0.15, -0.1) is 0 Å². The molecule has 226 valence electrons. The zero-order valence-corrected chi connectivity index (χ0v) is 24.3. The Morgan fingerprint density at radius 2 is 1.79 bits per heavy atom. The van der Waals surface area contributed by atoms with Crippen molar-refractivity contribution in [3.63, 3.8) is 0 Å². The highest BCUT2D eigenvalue weighted by atomic mass is 35.5. The van der Waals surface area contributed by atoms with E-state index in [0.29, 0.717) is 37.4 Å². The van der Waals surface area contributed by atoms with Gasteiger partial charge in [0.25, 0.3) is 0 Å². The zero-order chi connectivity index (χ0) is 30.8. The summed E-state index contributed by atoms with van der Waals surface area (Å²) in [6.07, 6.45) is 2.22. The molecule has 1 aromatic heterocycles. The lowest BCUT2D eigenvalue weighted by atomic mass is 9.80. The topological polar surface area (TPSA) is 102 Å². The summed E-state index contributed by atoms with van der Waals surface area (Å²) in [5.74, 6) is -5.76. The van der Waals surface area contributed by atoms with Crippen LogP contribution in [0, 0.1) is 29.2 Å². The normalized spacial score (nSPS) is 20.9. The molecule has 1 aliphatic carbocycles. The minimum atomic E-state index is -1.34. The van der Waals surface area contributed by atoms with E-state index in [-0.39, 0.29) is 41.2 Å². The van der Waals surface area contributed by atoms with Crippen LogP contribution in [0.5, 0.6) is 0 Å². The number of hydrogen-bond acceptors (Lipinski definition) is 7. The molecule has 8 nitrogen and oxygen atoms in total. The highest BCUT2D eigenvalue weighted by Gasteiger charge is 2.39. The molecule has 1 saturated carbocycles. The second kappa shape index (κ2) is 12.7. The Kier molecular flexibility index (Phi) is 9.44. The van der Waals surface area contributed by atoms with Crippen LogP contribution >= 0.6 is 11.6 Å². The van der Waals surface area contributed by atoms with E-state index in [1.54, 1.807) is 27.7 Å². The Hall–Kier alpha value is -3.67. The number of amidine groups is 1. The van der Waals surface area contributed by atoms with Crippen LogP contribution in [0.4, 0.5) is 22.4 Å². The van der Waals surface area contributed by atoms with Gasteiger partial charge in [-0.3, -0.25) is 4.99 Å². The quantitative estimate of drug-likeness (QED) is 0.227. The van der Waals surface area contributed by atoms with Gasteiger partial charge in [0.2, 0.25) is 0 Å². The van der Waals surface area contributed by atoms with E-state index in [2.05, 4.69) is 20.6 Å². The summed E-state index contributed by atoms with van der Waals surface area (Å²) in [5, 5.41) is 5.25. The van der Waals surface area contributed by atoms with Gasteiger partial charge in [0.05, 0.1) is 23.4 Å². The monoisotopic (exact) mass is 610 g/mol. The molecule has 1 amide bonds. The number of aliphatic imine (C=N–C) groups is 1. The Balaban J connectivity index is 1.76. The summed E-state index contributed by atoms with van der Waals surface area (Å²) < 4.78 is 67.8. The third-order valence-corrected chi connectivity index (χ3v) is 7.20. The van der Waals surface area contributed by atoms with E-state index in [1.165, 1.54) is 6.07 Å². The molecule has 1 unspecified atom stereocenters. The Morgan fingerprint density at radius 3 is 2.40 bits per heavy atom. The molecule has 0 spiro atoms. The van der Waals surface area contributed by atoms with Gasteiger partial charge in [0, 0.05) is 23.4 Å². The van der Waals surface area contributed by atoms with Crippen molar-refractivity contribution in [2.24, 2.45) is 10.9 Å². The average molecular weight is 611 g/mol. The maximum atomic E-state index is 14.9. The number of allylic oxidation sites excluding steroid dienone is 1. The van der Waals surface area contributed by atoms with E-state index in [1.807, 2.05) is 0 Å². The Bertz CT molecular complexity index is 1440. The number of carbonyl (C=O) groups excluding carboxylic acids is 2. The molecule has 1 aliphatic heterocycles. The number of esters is 1. The number of carbonyl (C=O) groups is 2. The number of nitrogens with zero attached hydrogens (tertiary/aromatic N) is 2. The van der Waals surface area contributed by atoms with Crippen LogP contribution in [-0.4, -0.2) is 41.1 Å². The molecular formula is C29H31ClF4N4O4. The standard InChI is InChI=1S/C29H31ClF4N4O4/c1-5-41-27(39)20-23(14-6-8-16(9-7-14)36-28(40)42-29(2,3)4)37-26(25-19(33)12-15(31)13-35-25)38-24(20)17-10-11-18(32)22(34)21(17)30/h10-14,16,24H,5-9H2,1-4H3,(H,36,40)(H,37,38)/t14-,16-,24?. The van der Waals surface area contributed by atoms with E-state index >= 15 is 0 Å². The van der Waals surface area contributed by atoms with Crippen LogP contribution < -0.4 is 10.6 Å². The fraction of sp³-hybridized carbons (Fsp3) is 0.448. The molecule has 1 fully saturated rings. The Labute approximate surface area is 245 Å². The molecule has 0 radical (unpaired) electrons. The van der Waals surface area contributed by atoms with Crippen LogP contribution in [0.1, 0.15) is 70.7 Å². The second-order valence-corrected chi connectivity index (χ2v) is 11.4.